The molecule has 0 unspecified atom stereocenters. The molecule has 0 amide bonds. The summed E-state index contributed by atoms with van der Waals surface area (Å²) in [5.74, 6) is 0.997. The van der Waals surface area contributed by atoms with E-state index in [9.17, 15) is 5.11 Å². The highest BCUT2D eigenvalue weighted by molar-refractivity contribution is 5.93. The normalized spacial score (nSPS) is 11.7. The molecule has 0 radical (unpaired) electrons. The van der Waals surface area contributed by atoms with Gasteiger partial charge in [0, 0.05) is 11.1 Å². The minimum absolute atomic E-state index is 0.258. The third-order valence-corrected chi connectivity index (χ3v) is 4.10. The molecule has 3 rings (SSSR count). The first-order valence-corrected chi connectivity index (χ1v) is 7.66. The maximum atomic E-state index is 10.8. The average Bonchev–Trinajstić information content (AvgIpc) is 2.95. The molecule has 0 aliphatic heterocycles. The number of H-pyrrole nitrogens is 1. The fourth-order valence-electron chi connectivity index (χ4n) is 2.75. The molecular weight excluding hydrogens is 274 g/mol. The van der Waals surface area contributed by atoms with Crippen LogP contribution in [-0.4, -0.2) is 20.5 Å². The molecule has 114 valence electrons. The van der Waals surface area contributed by atoms with Gasteiger partial charge in [0.05, 0.1) is 5.52 Å². The van der Waals surface area contributed by atoms with Crippen LogP contribution in [0.1, 0.15) is 50.7 Å². The molecule has 1 aromatic heterocycles. The van der Waals surface area contributed by atoms with Gasteiger partial charge in [-0.2, -0.15) is 0 Å². The smallest absolute Gasteiger partial charge is 0.126 e. The van der Waals surface area contributed by atoms with Gasteiger partial charge in [-0.3, -0.25) is 5.10 Å². The summed E-state index contributed by atoms with van der Waals surface area (Å²) in [5, 5.41) is 21.7. The van der Waals surface area contributed by atoms with Gasteiger partial charge in [0.2, 0.25) is 0 Å². The summed E-state index contributed by atoms with van der Waals surface area (Å²) in [4.78, 5) is 0. The lowest BCUT2D eigenvalue weighted by atomic mass is 9.89. The van der Waals surface area contributed by atoms with E-state index in [4.69, 9.17) is 0 Å². The van der Waals surface area contributed by atoms with E-state index >= 15 is 0 Å². The predicted octanol–water partition coefficient (Wildman–Crippen LogP) is 4.58. The van der Waals surface area contributed by atoms with Gasteiger partial charge in [-0.25, -0.2) is 0 Å². The number of aromatic amines is 1. The third kappa shape index (κ3) is 2.34. The van der Waals surface area contributed by atoms with Gasteiger partial charge in [-0.15, -0.1) is 5.10 Å². The number of hydrogen-bond donors (Lipinski definition) is 2. The zero-order valence-electron chi connectivity index (χ0n) is 13.4. The first-order chi connectivity index (χ1) is 10.5. The number of phenolic OH excluding ortho intramolecular Hbond substituents is 1. The van der Waals surface area contributed by atoms with Crippen molar-refractivity contribution in [1.29, 1.82) is 0 Å². The van der Waals surface area contributed by atoms with E-state index in [1.807, 2.05) is 18.2 Å². The van der Waals surface area contributed by atoms with Crippen molar-refractivity contribution in [3.8, 4) is 16.9 Å². The van der Waals surface area contributed by atoms with Crippen molar-refractivity contribution in [2.45, 2.75) is 39.5 Å². The summed E-state index contributed by atoms with van der Waals surface area (Å²) in [6.07, 6.45) is 0. The lowest BCUT2D eigenvalue weighted by molar-refractivity contribution is 0.466. The van der Waals surface area contributed by atoms with Crippen LogP contribution >= 0.6 is 0 Å². The lowest BCUT2D eigenvalue weighted by Crippen LogP contribution is -1.97. The number of nitrogens with one attached hydrogen (secondary N) is 1. The minimum atomic E-state index is 0.258. The number of rotatable bonds is 3. The van der Waals surface area contributed by atoms with E-state index in [2.05, 4.69) is 55.2 Å². The van der Waals surface area contributed by atoms with Gasteiger partial charge in [0.15, 0.2) is 0 Å². The van der Waals surface area contributed by atoms with E-state index in [0.29, 0.717) is 11.7 Å². The molecule has 2 aromatic carbocycles. The SMILES string of the molecule is CC(C)c1cc(-c2cccc3[nH]nnc23)c(O)c(C(C)C)c1. The Labute approximate surface area is 130 Å². The number of nitrogens with zero attached hydrogens (tertiary/aromatic N) is 2. The Balaban J connectivity index is 2.32. The highest BCUT2D eigenvalue weighted by atomic mass is 16.3. The van der Waals surface area contributed by atoms with Crippen molar-refractivity contribution >= 4 is 11.0 Å². The van der Waals surface area contributed by atoms with E-state index in [-0.39, 0.29) is 5.92 Å². The van der Waals surface area contributed by atoms with Crippen LogP contribution in [0.25, 0.3) is 22.2 Å². The summed E-state index contributed by atoms with van der Waals surface area (Å²) >= 11 is 0. The van der Waals surface area contributed by atoms with Crippen molar-refractivity contribution in [2.75, 3.05) is 0 Å². The summed E-state index contributed by atoms with van der Waals surface area (Å²) in [5.41, 5.74) is 5.59. The van der Waals surface area contributed by atoms with Crippen molar-refractivity contribution < 1.29 is 5.11 Å². The van der Waals surface area contributed by atoms with Crippen LogP contribution in [0.2, 0.25) is 0 Å². The molecule has 0 aliphatic carbocycles. The third-order valence-electron chi connectivity index (χ3n) is 4.10. The van der Waals surface area contributed by atoms with Crippen LogP contribution in [0.5, 0.6) is 5.75 Å². The average molecular weight is 295 g/mol. The van der Waals surface area contributed by atoms with Crippen molar-refractivity contribution in [1.82, 2.24) is 15.4 Å². The zero-order valence-corrected chi connectivity index (χ0v) is 13.4. The van der Waals surface area contributed by atoms with Crippen LogP contribution in [0.3, 0.4) is 0 Å². The fourth-order valence-corrected chi connectivity index (χ4v) is 2.75. The first-order valence-electron chi connectivity index (χ1n) is 7.66. The van der Waals surface area contributed by atoms with Crippen molar-refractivity contribution in [2.24, 2.45) is 0 Å². The quantitative estimate of drug-likeness (QED) is 0.743. The second-order valence-electron chi connectivity index (χ2n) is 6.33. The first kappa shape index (κ1) is 14.6. The van der Waals surface area contributed by atoms with Gasteiger partial charge in [0.25, 0.3) is 0 Å². The lowest BCUT2D eigenvalue weighted by Gasteiger charge is -2.17. The van der Waals surface area contributed by atoms with E-state index < -0.39 is 0 Å². The van der Waals surface area contributed by atoms with Crippen molar-refractivity contribution in [3.63, 3.8) is 0 Å². The van der Waals surface area contributed by atoms with E-state index in [1.54, 1.807) is 0 Å². The molecular formula is C18H21N3O. The number of benzene rings is 2. The Hall–Kier alpha value is -2.36. The Morgan fingerprint density at radius 3 is 2.45 bits per heavy atom. The minimum Gasteiger partial charge on any atom is -0.507 e. The summed E-state index contributed by atoms with van der Waals surface area (Å²) < 4.78 is 0. The number of aromatic hydroxyl groups is 1. The van der Waals surface area contributed by atoms with Crippen molar-refractivity contribution in [3.05, 3.63) is 41.5 Å². The maximum Gasteiger partial charge on any atom is 0.126 e. The van der Waals surface area contributed by atoms with Gasteiger partial charge in [0.1, 0.15) is 11.3 Å². The largest absolute Gasteiger partial charge is 0.507 e. The molecule has 4 heteroatoms. The predicted molar refractivity (Wildman–Crippen MR) is 89.2 cm³/mol. The van der Waals surface area contributed by atoms with E-state index in [0.717, 1.165) is 27.7 Å². The van der Waals surface area contributed by atoms with Gasteiger partial charge < -0.3 is 5.11 Å². The topological polar surface area (TPSA) is 61.8 Å². The molecule has 0 saturated heterocycles. The number of aromatic nitrogens is 3. The molecule has 0 aliphatic rings. The summed E-state index contributed by atoms with van der Waals surface area (Å²) in [6, 6.07) is 10.0. The second kappa shape index (κ2) is 5.44. The number of fused-ring (bicyclic) bond motifs is 1. The number of phenols is 1. The molecule has 22 heavy (non-hydrogen) atoms. The standard InChI is InChI=1S/C18H21N3O/c1-10(2)12-8-14(11(3)4)18(22)15(9-12)13-6-5-7-16-17(13)20-21-19-16/h5-11,22H,1-4H3,(H,19,20,21). The fraction of sp³-hybridized carbons (Fsp3) is 0.333. The molecule has 3 aromatic rings. The highest BCUT2D eigenvalue weighted by Crippen LogP contribution is 2.40. The Bertz CT molecular complexity index is 818. The van der Waals surface area contributed by atoms with Gasteiger partial charge in [-0.1, -0.05) is 51.1 Å². The Kier molecular flexibility index (Phi) is 3.61. The van der Waals surface area contributed by atoms with Crippen LogP contribution in [-0.2, 0) is 0 Å². The molecule has 1 heterocycles. The summed E-state index contributed by atoms with van der Waals surface area (Å²) in [6.45, 7) is 8.52. The second-order valence-corrected chi connectivity index (χ2v) is 6.33. The molecule has 0 spiro atoms. The maximum absolute atomic E-state index is 10.8. The van der Waals surface area contributed by atoms with Crippen LogP contribution in [0, 0.1) is 0 Å². The Morgan fingerprint density at radius 2 is 1.77 bits per heavy atom. The zero-order chi connectivity index (χ0) is 15.9. The van der Waals surface area contributed by atoms with Gasteiger partial charge in [-0.05, 0) is 35.1 Å². The Morgan fingerprint density at radius 1 is 1.00 bits per heavy atom. The van der Waals surface area contributed by atoms with Crippen LogP contribution < -0.4 is 0 Å². The van der Waals surface area contributed by atoms with Gasteiger partial charge >= 0.3 is 0 Å². The molecule has 0 bridgehead atoms. The highest BCUT2D eigenvalue weighted by Gasteiger charge is 2.18. The monoisotopic (exact) mass is 295 g/mol. The molecule has 4 nitrogen and oxygen atoms in total. The molecule has 2 N–H and O–H groups in total. The molecule has 0 fully saturated rings. The molecule has 0 atom stereocenters. The van der Waals surface area contributed by atoms with E-state index in [1.165, 1.54) is 5.56 Å². The van der Waals surface area contributed by atoms with Crippen LogP contribution in [0.15, 0.2) is 30.3 Å². The molecule has 0 saturated carbocycles. The van der Waals surface area contributed by atoms with Crippen LogP contribution in [0.4, 0.5) is 0 Å². The number of hydrogen-bond acceptors (Lipinski definition) is 3. The summed E-state index contributed by atoms with van der Waals surface area (Å²) in [7, 11) is 0.